The number of halogens is 1. The smallest absolute Gasteiger partial charge is 0.407 e. The molecule has 24 heavy (non-hydrogen) atoms. The van der Waals surface area contributed by atoms with Gasteiger partial charge in [0.05, 0.1) is 19.6 Å². The maximum atomic E-state index is 11.5. The second-order valence-electron chi connectivity index (χ2n) is 6.00. The Bertz CT molecular complexity index is 411. The van der Waals surface area contributed by atoms with Crippen molar-refractivity contribution in [3.05, 3.63) is 0 Å². The van der Waals surface area contributed by atoms with Crippen molar-refractivity contribution in [1.29, 1.82) is 0 Å². The lowest BCUT2D eigenvalue weighted by atomic mass is 10.2. The molecule has 142 valence electrons. The van der Waals surface area contributed by atoms with Crippen LogP contribution in [0.4, 0.5) is 4.79 Å². The van der Waals surface area contributed by atoms with E-state index in [1.807, 2.05) is 27.7 Å². The zero-order valence-electron chi connectivity index (χ0n) is 15.4. The molecule has 0 saturated carbocycles. The summed E-state index contributed by atoms with van der Waals surface area (Å²) in [6.07, 6.45) is -0.458. The predicted octanol–water partition coefficient (Wildman–Crippen LogP) is 1.49. The molecule has 0 rings (SSSR count). The molecule has 9 heteroatoms. The van der Waals surface area contributed by atoms with Crippen LogP contribution < -0.4 is 16.0 Å². The molecule has 0 aromatic carbocycles. The van der Waals surface area contributed by atoms with Crippen LogP contribution in [0, 0.1) is 5.92 Å². The number of nitrogens with one attached hydrogen (secondary N) is 3. The van der Waals surface area contributed by atoms with Gasteiger partial charge in [-0.3, -0.25) is 9.79 Å². The van der Waals surface area contributed by atoms with Gasteiger partial charge in [-0.1, -0.05) is 6.92 Å². The second-order valence-corrected chi connectivity index (χ2v) is 6.00. The molecule has 0 saturated heterocycles. The number of guanidine groups is 1. The number of carbonyl (C=O) groups excluding carboxylic acids is 2. The normalized spacial score (nSPS) is 12.5. The Morgan fingerprint density at radius 2 is 1.71 bits per heavy atom. The predicted molar refractivity (Wildman–Crippen MR) is 105 cm³/mol. The molecular formula is C15H31IN4O4. The minimum absolute atomic E-state index is 0. The van der Waals surface area contributed by atoms with Crippen LogP contribution in [-0.4, -0.2) is 56.9 Å². The first kappa shape index (κ1) is 25.0. The minimum atomic E-state index is -0.516. The van der Waals surface area contributed by atoms with E-state index in [1.54, 1.807) is 6.92 Å². The molecule has 0 spiro atoms. The highest BCUT2D eigenvalue weighted by Crippen LogP contribution is 2.05. The average molecular weight is 458 g/mol. The van der Waals surface area contributed by atoms with Gasteiger partial charge in [-0.2, -0.15) is 0 Å². The summed E-state index contributed by atoms with van der Waals surface area (Å²) in [4.78, 5) is 27.1. The molecule has 0 bridgehead atoms. The molecular weight excluding hydrogens is 427 g/mol. The maximum Gasteiger partial charge on any atom is 0.407 e. The van der Waals surface area contributed by atoms with Crippen molar-refractivity contribution in [2.75, 3.05) is 33.3 Å². The summed E-state index contributed by atoms with van der Waals surface area (Å²) in [5.41, 5.74) is -0.516. The number of aliphatic imine (C=N–C) groups is 1. The largest absolute Gasteiger partial charge is 0.469 e. The van der Waals surface area contributed by atoms with E-state index in [2.05, 4.69) is 25.7 Å². The molecule has 0 aromatic heterocycles. The molecule has 3 N–H and O–H groups in total. The first-order valence-corrected chi connectivity index (χ1v) is 7.76. The first-order valence-electron chi connectivity index (χ1n) is 7.76. The van der Waals surface area contributed by atoms with Crippen molar-refractivity contribution in [2.24, 2.45) is 10.9 Å². The summed E-state index contributed by atoms with van der Waals surface area (Å²) >= 11 is 0. The monoisotopic (exact) mass is 458 g/mol. The highest BCUT2D eigenvalue weighted by molar-refractivity contribution is 14.0. The highest BCUT2D eigenvalue weighted by atomic mass is 127. The van der Waals surface area contributed by atoms with E-state index in [0.717, 1.165) is 0 Å². The van der Waals surface area contributed by atoms with Gasteiger partial charge < -0.3 is 25.4 Å². The quantitative estimate of drug-likeness (QED) is 0.176. The Balaban J connectivity index is 0. The number of carbonyl (C=O) groups is 2. The van der Waals surface area contributed by atoms with Crippen LogP contribution in [0.1, 0.15) is 34.6 Å². The van der Waals surface area contributed by atoms with Crippen molar-refractivity contribution < 1.29 is 19.1 Å². The van der Waals surface area contributed by atoms with E-state index in [0.29, 0.717) is 32.1 Å². The fourth-order valence-electron chi connectivity index (χ4n) is 1.51. The van der Waals surface area contributed by atoms with E-state index in [4.69, 9.17) is 4.74 Å². The number of nitrogens with zero attached hydrogens (tertiary/aromatic N) is 1. The van der Waals surface area contributed by atoms with Gasteiger partial charge in [0.2, 0.25) is 0 Å². The number of alkyl carbamates (subject to hydrolysis) is 1. The molecule has 8 nitrogen and oxygen atoms in total. The topological polar surface area (TPSA) is 101 Å². The van der Waals surface area contributed by atoms with Crippen molar-refractivity contribution in [3.8, 4) is 0 Å². The molecule has 0 radical (unpaired) electrons. The number of hydrogen-bond acceptors (Lipinski definition) is 5. The average Bonchev–Trinajstić information content (AvgIpc) is 2.45. The second kappa shape index (κ2) is 13.1. The van der Waals surface area contributed by atoms with Crippen LogP contribution in [-0.2, 0) is 14.3 Å². The van der Waals surface area contributed by atoms with Crippen molar-refractivity contribution in [3.63, 3.8) is 0 Å². The molecule has 0 fully saturated rings. The van der Waals surface area contributed by atoms with Crippen molar-refractivity contribution in [2.45, 2.75) is 40.2 Å². The lowest BCUT2D eigenvalue weighted by Gasteiger charge is -2.20. The van der Waals surface area contributed by atoms with Gasteiger partial charge in [0.25, 0.3) is 0 Å². The van der Waals surface area contributed by atoms with Gasteiger partial charge in [0.1, 0.15) is 5.60 Å². The Kier molecular flexibility index (Phi) is 13.6. The molecule has 1 unspecified atom stereocenters. The van der Waals surface area contributed by atoms with Crippen LogP contribution in [0.25, 0.3) is 0 Å². The zero-order valence-corrected chi connectivity index (χ0v) is 17.7. The lowest BCUT2D eigenvalue weighted by Crippen LogP contribution is -2.42. The van der Waals surface area contributed by atoms with Gasteiger partial charge in [-0.15, -0.1) is 24.0 Å². The summed E-state index contributed by atoms with van der Waals surface area (Å²) < 4.78 is 9.79. The first-order chi connectivity index (χ1) is 10.7. The molecule has 0 aliphatic rings. The maximum absolute atomic E-state index is 11.5. The summed E-state index contributed by atoms with van der Waals surface area (Å²) in [6.45, 7) is 11.0. The van der Waals surface area contributed by atoms with Gasteiger partial charge in [-0.25, -0.2) is 4.79 Å². The van der Waals surface area contributed by atoms with E-state index >= 15 is 0 Å². The Hall–Kier alpha value is -1.26. The number of methoxy groups -OCH3 is 1. The molecule has 0 aliphatic heterocycles. The van der Waals surface area contributed by atoms with Gasteiger partial charge >= 0.3 is 12.1 Å². The minimum Gasteiger partial charge on any atom is -0.469 e. The van der Waals surface area contributed by atoms with Gasteiger partial charge in [-0.05, 0) is 27.7 Å². The van der Waals surface area contributed by atoms with E-state index in [1.165, 1.54) is 7.11 Å². The lowest BCUT2D eigenvalue weighted by molar-refractivity contribution is -0.144. The molecule has 0 aromatic rings. The van der Waals surface area contributed by atoms with Crippen LogP contribution in [0.15, 0.2) is 4.99 Å². The van der Waals surface area contributed by atoms with Crippen LogP contribution >= 0.6 is 24.0 Å². The SMILES string of the molecule is CCNC(=NCC(C)C(=O)OC)NCCNC(=O)OC(C)(C)C.I. The summed E-state index contributed by atoms with van der Waals surface area (Å²) in [5.74, 6) is -0.0271. The van der Waals surface area contributed by atoms with E-state index in [-0.39, 0.29) is 35.9 Å². The third-order valence-corrected chi connectivity index (χ3v) is 2.56. The number of hydrogen-bond donors (Lipinski definition) is 3. The number of ether oxygens (including phenoxy) is 2. The van der Waals surface area contributed by atoms with Gasteiger partial charge in [0, 0.05) is 19.6 Å². The Morgan fingerprint density at radius 1 is 1.12 bits per heavy atom. The molecule has 1 amide bonds. The van der Waals surface area contributed by atoms with Crippen LogP contribution in [0.5, 0.6) is 0 Å². The zero-order chi connectivity index (χ0) is 17.9. The fourth-order valence-corrected chi connectivity index (χ4v) is 1.51. The summed E-state index contributed by atoms with van der Waals surface area (Å²) in [6, 6.07) is 0. The van der Waals surface area contributed by atoms with Crippen molar-refractivity contribution in [1.82, 2.24) is 16.0 Å². The van der Waals surface area contributed by atoms with Crippen LogP contribution in [0.2, 0.25) is 0 Å². The Morgan fingerprint density at radius 3 is 2.21 bits per heavy atom. The van der Waals surface area contributed by atoms with Crippen molar-refractivity contribution >= 4 is 42.0 Å². The Labute approximate surface area is 161 Å². The molecule has 1 atom stereocenters. The standard InChI is InChI=1S/C15H30N4O4.HI/c1-7-16-13(19-10-11(2)12(20)22-6)17-8-9-18-14(21)23-15(3,4)5;/h11H,7-10H2,1-6H3,(H,18,21)(H2,16,17,19);1H. The number of rotatable bonds is 7. The fraction of sp³-hybridized carbons (Fsp3) is 0.800. The highest BCUT2D eigenvalue weighted by Gasteiger charge is 2.15. The third kappa shape index (κ3) is 13.2. The van der Waals surface area contributed by atoms with E-state index < -0.39 is 11.7 Å². The molecule has 0 aliphatic carbocycles. The van der Waals surface area contributed by atoms with E-state index in [9.17, 15) is 9.59 Å². The van der Waals surface area contributed by atoms with Gasteiger partial charge in [0.15, 0.2) is 5.96 Å². The summed E-state index contributed by atoms with van der Waals surface area (Å²) in [7, 11) is 1.36. The van der Waals surface area contributed by atoms with Crippen LogP contribution in [0.3, 0.4) is 0 Å². The number of amides is 1. The summed E-state index contributed by atoms with van der Waals surface area (Å²) in [5, 5.41) is 8.78. The third-order valence-electron chi connectivity index (χ3n) is 2.56. The number of esters is 1. The molecule has 0 heterocycles.